The SMILES string of the molecule is CC(C)=CCCCC(C)[CH2][Al+][CH2]C(C)CCCC=C(C)C. The van der Waals surface area contributed by atoms with Crippen LogP contribution in [0.1, 0.15) is 80.1 Å². The van der Waals surface area contributed by atoms with Gasteiger partial charge < -0.3 is 0 Å². The third kappa shape index (κ3) is 16.2. The molecule has 0 heterocycles. The van der Waals surface area contributed by atoms with Gasteiger partial charge in [-0.3, -0.25) is 0 Å². The minimum absolute atomic E-state index is 0.681. The van der Waals surface area contributed by atoms with Crippen molar-refractivity contribution in [3.8, 4) is 0 Å². The zero-order valence-corrected chi connectivity index (χ0v) is 16.7. The molecule has 0 spiro atoms. The van der Waals surface area contributed by atoms with E-state index in [0.717, 1.165) is 11.8 Å². The molecule has 120 valence electrons. The van der Waals surface area contributed by atoms with Crippen LogP contribution in [0.15, 0.2) is 23.3 Å². The molecule has 21 heavy (non-hydrogen) atoms. The number of allylic oxidation sites excluding steroid dienone is 4. The van der Waals surface area contributed by atoms with E-state index in [9.17, 15) is 0 Å². The van der Waals surface area contributed by atoms with Gasteiger partial charge in [0, 0.05) is 0 Å². The first-order valence-electron chi connectivity index (χ1n) is 9.00. The zero-order chi connectivity index (χ0) is 16.1. The first-order valence-corrected chi connectivity index (χ1v) is 10.6. The van der Waals surface area contributed by atoms with Crippen molar-refractivity contribution in [2.24, 2.45) is 11.8 Å². The van der Waals surface area contributed by atoms with E-state index >= 15 is 0 Å². The summed E-state index contributed by atoms with van der Waals surface area (Å²) in [5, 5.41) is 3.01. The van der Waals surface area contributed by atoms with Gasteiger partial charge in [-0.1, -0.05) is 0 Å². The molecule has 0 aliphatic heterocycles. The van der Waals surface area contributed by atoms with Crippen LogP contribution in [0.25, 0.3) is 0 Å². The molecule has 0 saturated carbocycles. The number of unbranched alkanes of at least 4 members (excludes halogenated alkanes) is 2. The summed E-state index contributed by atoms with van der Waals surface area (Å²) in [5.41, 5.74) is 2.94. The van der Waals surface area contributed by atoms with Gasteiger partial charge in [-0.25, -0.2) is 0 Å². The summed E-state index contributed by atoms with van der Waals surface area (Å²) in [7, 11) is 0. The van der Waals surface area contributed by atoms with E-state index in [-0.39, 0.29) is 0 Å². The molecule has 0 aromatic rings. The van der Waals surface area contributed by atoms with Crippen molar-refractivity contribution >= 4 is 15.2 Å². The zero-order valence-electron chi connectivity index (χ0n) is 15.5. The Hall–Kier alpha value is 0.0125. The molecule has 0 aromatic carbocycles. The maximum atomic E-state index is 2.45. The van der Waals surface area contributed by atoms with E-state index in [1.165, 1.54) is 60.2 Å². The summed E-state index contributed by atoms with van der Waals surface area (Å²) in [6.45, 7) is 13.7. The van der Waals surface area contributed by atoms with Gasteiger partial charge in [0.25, 0.3) is 0 Å². The summed E-state index contributed by atoms with van der Waals surface area (Å²) in [5.74, 6) is 1.90. The molecule has 0 N–H and O–H groups in total. The van der Waals surface area contributed by atoms with E-state index < -0.39 is 0 Å². The molecule has 0 bridgehead atoms. The summed E-state index contributed by atoms with van der Waals surface area (Å²) >= 11 is 0.681. The third-order valence-corrected chi connectivity index (χ3v) is 6.32. The van der Waals surface area contributed by atoms with E-state index in [4.69, 9.17) is 0 Å². The van der Waals surface area contributed by atoms with Gasteiger partial charge in [0.2, 0.25) is 0 Å². The van der Waals surface area contributed by atoms with Crippen LogP contribution < -0.4 is 0 Å². The predicted octanol–water partition coefficient (Wildman–Crippen LogP) is 7.07. The van der Waals surface area contributed by atoms with E-state index in [1.54, 1.807) is 0 Å². The van der Waals surface area contributed by atoms with Crippen LogP contribution in [0.2, 0.25) is 10.6 Å². The second-order valence-electron chi connectivity index (χ2n) is 7.40. The van der Waals surface area contributed by atoms with Gasteiger partial charge in [0.05, 0.1) is 0 Å². The Labute approximate surface area is 141 Å². The Morgan fingerprint density at radius 3 is 1.48 bits per heavy atom. The fraction of sp³-hybridized carbons (Fsp3) is 0.800. The van der Waals surface area contributed by atoms with Crippen LogP contribution in [0.3, 0.4) is 0 Å². The Bertz CT molecular complexity index is 263. The quantitative estimate of drug-likeness (QED) is 0.205. The molecule has 0 aromatic heterocycles. The van der Waals surface area contributed by atoms with Crippen molar-refractivity contribution in [2.75, 3.05) is 0 Å². The molecular formula is C20H38Al+. The summed E-state index contributed by atoms with van der Waals surface area (Å²) in [6.07, 6.45) is 12.9. The number of hydrogen-bond donors (Lipinski definition) is 0. The van der Waals surface area contributed by atoms with Gasteiger partial charge in [-0.2, -0.15) is 0 Å². The fourth-order valence-electron chi connectivity index (χ4n) is 2.62. The second-order valence-corrected chi connectivity index (χ2v) is 8.92. The van der Waals surface area contributed by atoms with Crippen LogP contribution >= 0.6 is 0 Å². The summed E-state index contributed by atoms with van der Waals surface area (Å²) < 4.78 is 0. The van der Waals surface area contributed by atoms with Gasteiger partial charge >= 0.3 is 141 Å². The summed E-state index contributed by atoms with van der Waals surface area (Å²) in [6, 6.07) is 0. The Morgan fingerprint density at radius 2 is 1.14 bits per heavy atom. The van der Waals surface area contributed by atoms with Crippen molar-refractivity contribution in [1.82, 2.24) is 0 Å². The van der Waals surface area contributed by atoms with Crippen molar-refractivity contribution in [1.29, 1.82) is 0 Å². The first-order chi connectivity index (χ1) is 9.91. The molecule has 0 aliphatic carbocycles. The minimum atomic E-state index is 0.681. The standard InChI is InChI=1S/2C10H19.Al/c2*1-9(2)7-5-6-8-10(3)4;/h2*8-9H,1,5-7H2,2-4H3;/q;;+1. The van der Waals surface area contributed by atoms with Crippen molar-refractivity contribution in [3.63, 3.8) is 0 Å². The Balaban J connectivity index is 3.50. The predicted molar refractivity (Wildman–Crippen MR) is 100 cm³/mol. The van der Waals surface area contributed by atoms with Crippen LogP contribution in [0.4, 0.5) is 0 Å². The first kappa shape index (κ1) is 21.0. The van der Waals surface area contributed by atoms with Gasteiger partial charge in [0.1, 0.15) is 0 Å². The molecule has 0 rings (SSSR count). The normalized spacial score (nSPS) is 13.2. The maximum absolute atomic E-state index is 2.45. The molecule has 0 radical (unpaired) electrons. The molecular weight excluding hydrogens is 267 g/mol. The van der Waals surface area contributed by atoms with Crippen LogP contribution in [0.5, 0.6) is 0 Å². The molecule has 0 nitrogen and oxygen atoms in total. The van der Waals surface area contributed by atoms with Crippen molar-refractivity contribution in [3.05, 3.63) is 23.3 Å². The molecule has 0 fully saturated rings. The average molecular weight is 306 g/mol. The van der Waals surface area contributed by atoms with Crippen LogP contribution in [0, 0.1) is 11.8 Å². The van der Waals surface area contributed by atoms with Gasteiger partial charge in [0.15, 0.2) is 0 Å². The molecule has 0 amide bonds. The van der Waals surface area contributed by atoms with Gasteiger partial charge in [-0.15, -0.1) is 0 Å². The van der Waals surface area contributed by atoms with Crippen molar-refractivity contribution < 1.29 is 0 Å². The molecule has 2 atom stereocenters. The second kappa shape index (κ2) is 13.7. The monoisotopic (exact) mass is 305 g/mol. The number of hydrogen-bond acceptors (Lipinski definition) is 0. The van der Waals surface area contributed by atoms with E-state index in [0.29, 0.717) is 15.2 Å². The molecule has 0 aliphatic rings. The molecule has 2 unspecified atom stereocenters. The van der Waals surface area contributed by atoms with Crippen LogP contribution in [-0.4, -0.2) is 15.2 Å². The molecule has 1 heteroatoms. The molecule has 0 saturated heterocycles. The van der Waals surface area contributed by atoms with E-state index in [2.05, 4.69) is 53.7 Å². The fourth-order valence-corrected chi connectivity index (χ4v) is 4.42. The Morgan fingerprint density at radius 1 is 0.762 bits per heavy atom. The van der Waals surface area contributed by atoms with Crippen LogP contribution in [-0.2, 0) is 0 Å². The van der Waals surface area contributed by atoms with E-state index in [1.807, 2.05) is 0 Å². The number of rotatable bonds is 12. The average Bonchev–Trinajstić information content (AvgIpc) is 2.39. The van der Waals surface area contributed by atoms with Crippen molar-refractivity contribution in [2.45, 2.75) is 90.6 Å². The summed E-state index contributed by atoms with van der Waals surface area (Å²) in [4.78, 5) is 0. The van der Waals surface area contributed by atoms with Gasteiger partial charge in [-0.05, 0) is 0 Å². The third-order valence-electron chi connectivity index (χ3n) is 4.05. The topological polar surface area (TPSA) is 0 Å². The Kier molecular flexibility index (Phi) is 13.7.